The molecule has 2 atom stereocenters. The average Bonchev–Trinajstić information content (AvgIpc) is 3.31. The Morgan fingerprint density at radius 3 is 3.00 bits per heavy atom. The molecular weight excluding hydrogens is 314 g/mol. The number of carbonyl (C=O) groups excluding carboxylic acids is 1. The highest BCUT2D eigenvalue weighted by atomic mass is 16.5. The normalized spacial score (nSPS) is 22.8. The van der Waals surface area contributed by atoms with Crippen molar-refractivity contribution >= 4 is 5.91 Å². The van der Waals surface area contributed by atoms with Crippen molar-refractivity contribution < 1.29 is 9.53 Å². The van der Waals surface area contributed by atoms with Gasteiger partial charge in [0.25, 0.3) is 0 Å². The fraction of sp³-hybridized carbons (Fsp3) is 0.500. The maximum atomic E-state index is 12.9. The van der Waals surface area contributed by atoms with Crippen LogP contribution in [0.2, 0.25) is 0 Å². The van der Waals surface area contributed by atoms with E-state index in [9.17, 15) is 4.79 Å². The summed E-state index contributed by atoms with van der Waals surface area (Å²) < 4.78 is 7.94. The fourth-order valence-corrected chi connectivity index (χ4v) is 3.96. The summed E-state index contributed by atoms with van der Waals surface area (Å²) in [5.41, 5.74) is 2.38. The van der Waals surface area contributed by atoms with Crippen LogP contribution in [0.1, 0.15) is 36.6 Å². The first-order valence-electron chi connectivity index (χ1n) is 9.22. The number of aromatic nitrogens is 2. The molecule has 0 saturated carbocycles. The molecule has 25 heavy (non-hydrogen) atoms. The molecular formula is C20H25N3O2. The van der Waals surface area contributed by atoms with E-state index in [1.165, 1.54) is 11.3 Å². The van der Waals surface area contributed by atoms with Gasteiger partial charge >= 0.3 is 0 Å². The Labute approximate surface area is 148 Å². The monoisotopic (exact) mass is 339 g/mol. The summed E-state index contributed by atoms with van der Waals surface area (Å²) >= 11 is 0. The zero-order valence-electron chi connectivity index (χ0n) is 14.5. The number of nitrogens with zero attached hydrogens (tertiary/aromatic N) is 3. The molecule has 0 aliphatic carbocycles. The van der Waals surface area contributed by atoms with Crippen LogP contribution in [0.5, 0.6) is 0 Å². The highest BCUT2D eigenvalue weighted by molar-refractivity contribution is 5.81. The first-order chi connectivity index (χ1) is 12.3. The van der Waals surface area contributed by atoms with Crippen molar-refractivity contribution in [2.45, 2.75) is 38.3 Å². The van der Waals surface area contributed by atoms with E-state index in [1.807, 2.05) is 35.6 Å². The van der Waals surface area contributed by atoms with Crippen LogP contribution >= 0.6 is 0 Å². The lowest BCUT2D eigenvalue weighted by molar-refractivity contribution is -0.134. The third-order valence-corrected chi connectivity index (χ3v) is 5.34. The predicted octanol–water partition coefficient (Wildman–Crippen LogP) is 2.83. The van der Waals surface area contributed by atoms with Crippen LogP contribution in [0.15, 0.2) is 42.9 Å². The molecule has 5 heteroatoms. The number of benzene rings is 1. The van der Waals surface area contributed by atoms with Crippen LogP contribution in [0.3, 0.4) is 0 Å². The lowest BCUT2D eigenvalue weighted by Gasteiger charge is -2.28. The minimum Gasteiger partial charge on any atom is -0.376 e. The minimum atomic E-state index is -0.0600. The number of aryl methyl sites for hydroxylation is 1. The largest absolute Gasteiger partial charge is 0.376 e. The van der Waals surface area contributed by atoms with Crippen LogP contribution in [0.25, 0.3) is 0 Å². The molecule has 2 aromatic rings. The molecule has 2 unspecified atom stereocenters. The number of ether oxygens (including phenoxy) is 1. The molecule has 2 aliphatic rings. The van der Waals surface area contributed by atoms with Crippen LogP contribution in [-0.4, -0.2) is 40.1 Å². The van der Waals surface area contributed by atoms with E-state index in [2.05, 4.69) is 21.7 Å². The summed E-state index contributed by atoms with van der Waals surface area (Å²) in [5.74, 6) is 0.697. The molecule has 1 amide bonds. The molecule has 0 bridgehead atoms. The summed E-state index contributed by atoms with van der Waals surface area (Å²) in [6.45, 7) is 3.03. The lowest BCUT2D eigenvalue weighted by Crippen LogP contribution is -2.37. The summed E-state index contributed by atoms with van der Waals surface area (Å²) in [5, 5.41) is 0. The van der Waals surface area contributed by atoms with Gasteiger partial charge in [0, 0.05) is 30.9 Å². The number of rotatable bonds is 5. The van der Waals surface area contributed by atoms with Crippen molar-refractivity contribution in [1.29, 1.82) is 0 Å². The maximum absolute atomic E-state index is 12.9. The van der Waals surface area contributed by atoms with Crippen LogP contribution in [-0.2, 0) is 22.6 Å². The minimum absolute atomic E-state index is 0.0600. The molecule has 1 aromatic heterocycles. The van der Waals surface area contributed by atoms with Gasteiger partial charge in [-0.3, -0.25) is 4.79 Å². The van der Waals surface area contributed by atoms with Crippen LogP contribution in [0.4, 0.5) is 0 Å². The van der Waals surface area contributed by atoms with Gasteiger partial charge in [-0.25, -0.2) is 4.98 Å². The van der Waals surface area contributed by atoms with Gasteiger partial charge in [-0.05, 0) is 31.2 Å². The molecule has 1 fully saturated rings. The molecule has 2 aliphatic heterocycles. The second-order valence-corrected chi connectivity index (χ2v) is 7.14. The molecule has 1 aromatic carbocycles. The molecule has 0 spiro atoms. The van der Waals surface area contributed by atoms with Crippen molar-refractivity contribution in [2.24, 2.45) is 5.92 Å². The predicted molar refractivity (Wildman–Crippen MR) is 95.0 cm³/mol. The number of likely N-dealkylation sites (tertiary alicyclic amines) is 1. The Balaban J connectivity index is 1.29. The van der Waals surface area contributed by atoms with E-state index in [0.717, 1.165) is 45.4 Å². The molecule has 5 nitrogen and oxygen atoms in total. The Hall–Kier alpha value is -2.14. The van der Waals surface area contributed by atoms with E-state index in [1.54, 1.807) is 0 Å². The van der Waals surface area contributed by atoms with Crippen molar-refractivity contribution in [1.82, 2.24) is 14.5 Å². The van der Waals surface area contributed by atoms with E-state index in [-0.39, 0.29) is 11.9 Å². The molecule has 4 rings (SSSR count). The fourth-order valence-electron chi connectivity index (χ4n) is 3.96. The number of amides is 1. The van der Waals surface area contributed by atoms with Crippen LogP contribution < -0.4 is 0 Å². The Kier molecular flexibility index (Phi) is 4.83. The topological polar surface area (TPSA) is 47.4 Å². The van der Waals surface area contributed by atoms with E-state index < -0.39 is 0 Å². The van der Waals surface area contributed by atoms with Crippen molar-refractivity contribution in [2.75, 3.05) is 19.7 Å². The van der Waals surface area contributed by atoms with Gasteiger partial charge in [-0.1, -0.05) is 30.3 Å². The summed E-state index contributed by atoms with van der Waals surface area (Å²) in [4.78, 5) is 19.2. The highest BCUT2D eigenvalue weighted by Crippen LogP contribution is 2.28. The Morgan fingerprint density at radius 2 is 2.12 bits per heavy atom. The third kappa shape index (κ3) is 3.61. The van der Waals surface area contributed by atoms with Gasteiger partial charge in [-0.15, -0.1) is 0 Å². The van der Waals surface area contributed by atoms with Crippen LogP contribution in [0, 0.1) is 5.92 Å². The molecule has 0 N–H and O–H groups in total. The zero-order chi connectivity index (χ0) is 17.1. The second kappa shape index (κ2) is 7.40. The first-order valence-corrected chi connectivity index (χ1v) is 9.22. The SMILES string of the molecule is O=C(C1CCCc2cncn21)N1CCC(COCc2ccccc2)C1. The van der Waals surface area contributed by atoms with Gasteiger partial charge in [0.15, 0.2) is 0 Å². The highest BCUT2D eigenvalue weighted by Gasteiger charge is 2.33. The lowest BCUT2D eigenvalue weighted by atomic mass is 10.0. The van der Waals surface area contributed by atoms with Crippen molar-refractivity contribution in [3.8, 4) is 0 Å². The van der Waals surface area contributed by atoms with E-state index in [4.69, 9.17) is 4.74 Å². The Bertz CT molecular complexity index is 713. The quantitative estimate of drug-likeness (QED) is 0.841. The van der Waals surface area contributed by atoms with Gasteiger partial charge in [-0.2, -0.15) is 0 Å². The van der Waals surface area contributed by atoms with Gasteiger partial charge in [0.2, 0.25) is 5.91 Å². The summed E-state index contributed by atoms with van der Waals surface area (Å²) in [6.07, 6.45) is 7.76. The number of hydrogen-bond donors (Lipinski definition) is 0. The molecule has 1 saturated heterocycles. The third-order valence-electron chi connectivity index (χ3n) is 5.34. The smallest absolute Gasteiger partial charge is 0.245 e. The number of imidazole rings is 1. The molecule has 132 valence electrons. The maximum Gasteiger partial charge on any atom is 0.245 e. The molecule has 3 heterocycles. The van der Waals surface area contributed by atoms with Crippen molar-refractivity contribution in [3.63, 3.8) is 0 Å². The van der Waals surface area contributed by atoms with Gasteiger partial charge in [0.1, 0.15) is 6.04 Å². The summed E-state index contributed by atoms with van der Waals surface area (Å²) in [7, 11) is 0. The number of fused-ring (bicyclic) bond motifs is 1. The second-order valence-electron chi connectivity index (χ2n) is 7.14. The summed E-state index contributed by atoms with van der Waals surface area (Å²) in [6, 6.07) is 10.2. The first kappa shape index (κ1) is 16.3. The van der Waals surface area contributed by atoms with Gasteiger partial charge < -0.3 is 14.2 Å². The zero-order valence-corrected chi connectivity index (χ0v) is 14.5. The number of carbonyl (C=O) groups is 1. The molecule has 0 radical (unpaired) electrons. The Morgan fingerprint density at radius 1 is 1.24 bits per heavy atom. The van der Waals surface area contributed by atoms with E-state index >= 15 is 0 Å². The average molecular weight is 339 g/mol. The number of hydrogen-bond acceptors (Lipinski definition) is 3. The standard InChI is InChI=1S/C20H25N3O2/c24-20(19-8-4-7-18-11-21-15-23(18)19)22-10-9-17(12-22)14-25-13-16-5-2-1-3-6-16/h1-3,5-6,11,15,17,19H,4,7-10,12-14H2. The van der Waals surface area contributed by atoms with Gasteiger partial charge in [0.05, 0.1) is 19.5 Å². The van der Waals surface area contributed by atoms with Crippen molar-refractivity contribution in [3.05, 3.63) is 54.1 Å². The van der Waals surface area contributed by atoms with E-state index in [0.29, 0.717) is 12.5 Å².